The number of halogens is 1. The van der Waals surface area contributed by atoms with Gasteiger partial charge in [-0.05, 0) is 93.9 Å². The first-order valence-corrected chi connectivity index (χ1v) is 13.3. The van der Waals surface area contributed by atoms with Crippen LogP contribution in [0.1, 0.15) is 64.2 Å². The van der Waals surface area contributed by atoms with Crippen LogP contribution >= 0.6 is 23.4 Å². The molecule has 166 valence electrons. The predicted molar refractivity (Wildman–Crippen MR) is 132 cm³/mol. The van der Waals surface area contributed by atoms with Gasteiger partial charge in [0.25, 0.3) is 0 Å². The van der Waals surface area contributed by atoms with Crippen LogP contribution in [-0.2, 0) is 0 Å². The Kier molecular flexibility index (Phi) is 6.78. The van der Waals surface area contributed by atoms with Crippen LogP contribution in [0.5, 0.6) is 0 Å². The first-order chi connectivity index (χ1) is 15.2. The van der Waals surface area contributed by atoms with Crippen molar-refractivity contribution in [3.05, 3.63) is 41.6 Å². The molecule has 1 aliphatic carbocycles. The molecular formula is C26H34ClN3S. The van der Waals surface area contributed by atoms with E-state index in [1.165, 1.54) is 99.3 Å². The van der Waals surface area contributed by atoms with Gasteiger partial charge in [-0.3, -0.25) is 0 Å². The number of pyridine rings is 1. The minimum absolute atomic E-state index is 0.718. The molecule has 1 aromatic heterocycles. The predicted octanol–water partition coefficient (Wildman–Crippen LogP) is 7.55. The highest BCUT2D eigenvalue weighted by Gasteiger charge is 2.35. The van der Waals surface area contributed by atoms with Crippen molar-refractivity contribution >= 4 is 34.9 Å². The summed E-state index contributed by atoms with van der Waals surface area (Å²) < 4.78 is 0. The van der Waals surface area contributed by atoms with Crippen LogP contribution in [0.4, 0.5) is 11.5 Å². The van der Waals surface area contributed by atoms with E-state index in [0.29, 0.717) is 0 Å². The molecule has 0 atom stereocenters. The van der Waals surface area contributed by atoms with E-state index in [9.17, 15) is 0 Å². The van der Waals surface area contributed by atoms with Gasteiger partial charge in [0.15, 0.2) is 0 Å². The molecule has 0 bridgehead atoms. The largest absolute Gasteiger partial charge is 0.324 e. The molecule has 5 heteroatoms. The normalized spacial score (nSPS) is 20.5. The molecule has 1 aromatic carbocycles. The number of fused-ring (bicyclic) bond motifs is 2. The second-order valence-electron chi connectivity index (χ2n) is 9.65. The number of nitrogens with zero attached hydrogens (tertiary/aromatic N) is 3. The van der Waals surface area contributed by atoms with Crippen molar-refractivity contribution in [3.63, 3.8) is 0 Å². The van der Waals surface area contributed by atoms with Gasteiger partial charge in [-0.25, -0.2) is 4.98 Å². The Bertz CT molecular complexity index is 886. The Hall–Kier alpha value is -1.23. The summed E-state index contributed by atoms with van der Waals surface area (Å²) in [4.78, 5) is 12.3. The topological polar surface area (TPSA) is 19.4 Å². The van der Waals surface area contributed by atoms with Crippen LogP contribution in [0.3, 0.4) is 0 Å². The van der Waals surface area contributed by atoms with E-state index in [2.05, 4.69) is 28.0 Å². The smallest absolute Gasteiger partial charge is 0.147 e. The average molecular weight is 456 g/mol. The Balaban J connectivity index is 1.12. The third kappa shape index (κ3) is 4.91. The maximum absolute atomic E-state index is 6.33. The number of benzene rings is 1. The monoisotopic (exact) mass is 455 g/mol. The van der Waals surface area contributed by atoms with Crippen molar-refractivity contribution in [2.45, 2.75) is 74.0 Å². The first kappa shape index (κ1) is 21.6. The number of unbranched alkanes of at least 4 members (excludes halogenated alkanes) is 2. The fraction of sp³-hybridized carbons (Fsp3) is 0.577. The summed E-state index contributed by atoms with van der Waals surface area (Å²) in [6, 6.07) is 10.4. The highest BCUT2D eigenvalue weighted by Crippen LogP contribution is 2.48. The first-order valence-electron chi connectivity index (χ1n) is 12.1. The Labute approximate surface area is 196 Å². The zero-order valence-electron chi connectivity index (χ0n) is 18.5. The maximum Gasteiger partial charge on any atom is 0.147 e. The van der Waals surface area contributed by atoms with E-state index in [4.69, 9.17) is 16.6 Å². The van der Waals surface area contributed by atoms with E-state index >= 15 is 0 Å². The molecule has 0 amide bonds. The molecule has 2 fully saturated rings. The zero-order chi connectivity index (χ0) is 21.1. The summed E-state index contributed by atoms with van der Waals surface area (Å²) in [6.45, 7) is 4.92. The number of rotatable bonds is 6. The number of likely N-dealkylation sites (tertiary alicyclic amines) is 1. The van der Waals surface area contributed by atoms with Gasteiger partial charge >= 0.3 is 0 Å². The standard InChI is InChI=1S/C26H34ClN3S/c27-21-9-10-23-22(20-21)30(25-24(31-23)8-7-15-28-25)17-6-2-5-16-29-18-13-26(14-19-29)11-3-1-4-12-26/h7-10,15,20H,1-6,11-14,16-19H2. The van der Waals surface area contributed by atoms with Crippen LogP contribution in [-0.4, -0.2) is 36.1 Å². The summed E-state index contributed by atoms with van der Waals surface area (Å²) in [5.41, 5.74) is 1.92. The number of hydrogen-bond donors (Lipinski definition) is 0. The number of hydrogen-bond acceptors (Lipinski definition) is 4. The summed E-state index contributed by atoms with van der Waals surface area (Å²) >= 11 is 8.13. The second-order valence-corrected chi connectivity index (χ2v) is 11.2. The number of anilines is 2. The molecule has 1 saturated carbocycles. The molecule has 31 heavy (non-hydrogen) atoms. The molecule has 3 aliphatic rings. The minimum Gasteiger partial charge on any atom is -0.324 e. The van der Waals surface area contributed by atoms with Gasteiger partial charge in [-0.1, -0.05) is 49.0 Å². The molecule has 2 aromatic rings. The van der Waals surface area contributed by atoms with Gasteiger partial charge in [-0.15, -0.1) is 0 Å². The van der Waals surface area contributed by atoms with Crippen molar-refractivity contribution in [1.82, 2.24) is 9.88 Å². The third-order valence-corrected chi connectivity index (χ3v) is 8.96. The van der Waals surface area contributed by atoms with E-state index in [1.807, 2.05) is 18.3 Å². The van der Waals surface area contributed by atoms with Gasteiger partial charge in [0.1, 0.15) is 5.82 Å². The molecule has 0 radical (unpaired) electrons. The molecule has 1 saturated heterocycles. The molecule has 5 rings (SSSR count). The molecule has 3 heterocycles. The molecular weight excluding hydrogens is 422 g/mol. The summed E-state index contributed by atoms with van der Waals surface area (Å²) in [6.07, 6.45) is 15.9. The summed E-state index contributed by atoms with van der Waals surface area (Å²) in [5, 5.41) is 0.796. The van der Waals surface area contributed by atoms with E-state index in [-0.39, 0.29) is 0 Å². The fourth-order valence-electron chi connectivity index (χ4n) is 5.75. The minimum atomic E-state index is 0.718. The summed E-state index contributed by atoms with van der Waals surface area (Å²) in [7, 11) is 0. The molecule has 3 nitrogen and oxygen atoms in total. The van der Waals surface area contributed by atoms with Crippen molar-refractivity contribution < 1.29 is 0 Å². The van der Waals surface area contributed by atoms with Gasteiger partial charge < -0.3 is 9.80 Å². The average Bonchev–Trinajstić information content (AvgIpc) is 2.80. The van der Waals surface area contributed by atoms with Crippen LogP contribution < -0.4 is 4.90 Å². The maximum atomic E-state index is 6.33. The molecule has 2 aliphatic heterocycles. The van der Waals surface area contributed by atoms with Gasteiger partial charge in [0.05, 0.1) is 10.6 Å². The lowest BCUT2D eigenvalue weighted by molar-refractivity contribution is 0.0670. The third-order valence-electron chi connectivity index (χ3n) is 7.63. The van der Waals surface area contributed by atoms with Crippen molar-refractivity contribution in [2.75, 3.05) is 31.1 Å². The van der Waals surface area contributed by atoms with Crippen molar-refractivity contribution in [3.8, 4) is 0 Å². The number of piperidine rings is 1. The van der Waals surface area contributed by atoms with Crippen LogP contribution in [0.15, 0.2) is 46.3 Å². The Morgan fingerprint density at radius 2 is 1.71 bits per heavy atom. The number of aromatic nitrogens is 1. The second kappa shape index (κ2) is 9.72. The van der Waals surface area contributed by atoms with Crippen molar-refractivity contribution in [2.24, 2.45) is 5.41 Å². The molecule has 0 unspecified atom stereocenters. The Morgan fingerprint density at radius 3 is 2.55 bits per heavy atom. The van der Waals surface area contributed by atoms with Crippen LogP contribution in [0, 0.1) is 5.41 Å². The highest BCUT2D eigenvalue weighted by molar-refractivity contribution is 7.99. The SMILES string of the molecule is Clc1ccc2c(c1)N(CCCCCN1CCC3(CCCCC3)CC1)c1ncccc1S2. The van der Waals surface area contributed by atoms with Crippen molar-refractivity contribution in [1.29, 1.82) is 0 Å². The van der Waals surface area contributed by atoms with Gasteiger partial charge in [0.2, 0.25) is 0 Å². The fourth-order valence-corrected chi connectivity index (χ4v) is 6.96. The quantitative estimate of drug-likeness (QED) is 0.418. The van der Waals surface area contributed by atoms with Crippen LogP contribution in [0.2, 0.25) is 5.02 Å². The van der Waals surface area contributed by atoms with Gasteiger partial charge in [-0.2, -0.15) is 0 Å². The molecule has 0 N–H and O–H groups in total. The Morgan fingerprint density at radius 1 is 0.903 bits per heavy atom. The van der Waals surface area contributed by atoms with E-state index in [1.54, 1.807) is 11.8 Å². The molecule has 1 spiro atoms. The lowest BCUT2D eigenvalue weighted by Gasteiger charge is -2.44. The lowest BCUT2D eigenvalue weighted by atomic mass is 9.68. The lowest BCUT2D eigenvalue weighted by Crippen LogP contribution is -2.41. The summed E-state index contributed by atoms with van der Waals surface area (Å²) in [5.74, 6) is 1.08. The van der Waals surface area contributed by atoms with E-state index < -0.39 is 0 Å². The van der Waals surface area contributed by atoms with Gasteiger partial charge in [0, 0.05) is 22.7 Å². The highest BCUT2D eigenvalue weighted by atomic mass is 35.5. The zero-order valence-corrected chi connectivity index (χ0v) is 20.1. The van der Waals surface area contributed by atoms with Crippen LogP contribution in [0.25, 0.3) is 0 Å². The van der Waals surface area contributed by atoms with E-state index in [0.717, 1.165) is 22.8 Å².